The van der Waals surface area contributed by atoms with Crippen LogP contribution >= 0.6 is 0 Å². The molecule has 0 radical (unpaired) electrons. The number of ether oxygens (including phenoxy) is 1. The molecule has 2 fully saturated rings. The van der Waals surface area contributed by atoms with Crippen LogP contribution < -0.4 is 19.9 Å². The molecule has 0 aliphatic carbocycles. The molecule has 1 amide bonds. The number of carbonyl (C=O) groups is 1. The van der Waals surface area contributed by atoms with E-state index >= 15 is 0 Å². The van der Waals surface area contributed by atoms with Gasteiger partial charge in [0, 0.05) is 54.3 Å². The Labute approximate surface area is 190 Å². The summed E-state index contributed by atoms with van der Waals surface area (Å²) in [6, 6.07) is 8.97. The summed E-state index contributed by atoms with van der Waals surface area (Å²) in [6.07, 6.45) is 2.62. The molecule has 3 aromatic rings. The Morgan fingerprint density at radius 2 is 2.12 bits per heavy atom. The minimum absolute atomic E-state index is 0.183. The van der Waals surface area contributed by atoms with Crippen molar-refractivity contribution in [1.29, 1.82) is 0 Å². The monoisotopic (exact) mass is 446 g/mol. The number of pyridine rings is 1. The highest BCUT2D eigenvalue weighted by molar-refractivity contribution is 6.10. The van der Waals surface area contributed by atoms with Gasteiger partial charge in [0.15, 0.2) is 0 Å². The van der Waals surface area contributed by atoms with Crippen molar-refractivity contribution < 1.29 is 13.9 Å². The number of halogens is 1. The Bertz CT molecular complexity index is 1280. The van der Waals surface area contributed by atoms with Crippen molar-refractivity contribution in [2.75, 3.05) is 30.0 Å². The zero-order chi connectivity index (χ0) is 22.7. The molecule has 2 atom stereocenters. The second-order valence-electron chi connectivity index (χ2n) is 8.71. The summed E-state index contributed by atoms with van der Waals surface area (Å²) >= 11 is 0. The maximum Gasteiger partial charge on any atom is 0.260 e. The summed E-state index contributed by atoms with van der Waals surface area (Å²) in [5.74, 6) is 0.939. The lowest BCUT2D eigenvalue weighted by molar-refractivity contribution is 0.0996. The number of aryl methyl sites for hydroxylation is 1. The molecular formula is C24H23FN6O2. The maximum absolute atomic E-state index is 14.8. The van der Waals surface area contributed by atoms with E-state index in [4.69, 9.17) is 9.72 Å². The van der Waals surface area contributed by atoms with Crippen molar-refractivity contribution in [1.82, 2.24) is 20.3 Å². The summed E-state index contributed by atoms with van der Waals surface area (Å²) in [4.78, 5) is 31.1. The van der Waals surface area contributed by atoms with Gasteiger partial charge in [-0.05, 0) is 31.5 Å². The van der Waals surface area contributed by atoms with Gasteiger partial charge in [-0.25, -0.2) is 9.37 Å². The fourth-order valence-corrected chi connectivity index (χ4v) is 5.14. The van der Waals surface area contributed by atoms with E-state index in [1.54, 1.807) is 23.1 Å². The predicted octanol–water partition coefficient (Wildman–Crippen LogP) is 2.71. The third-order valence-electron chi connectivity index (χ3n) is 6.70. The summed E-state index contributed by atoms with van der Waals surface area (Å²) in [5.41, 5.74) is 2.61. The molecule has 3 aliphatic rings. The molecule has 168 valence electrons. The maximum atomic E-state index is 14.8. The van der Waals surface area contributed by atoms with E-state index in [0.717, 1.165) is 25.2 Å². The van der Waals surface area contributed by atoms with Gasteiger partial charge in [0.2, 0.25) is 5.95 Å². The van der Waals surface area contributed by atoms with E-state index in [2.05, 4.69) is 20.2 Å². The number of benzene rings is 1. The zero-order valence-electron chi connectivity index (χ0n) is 18.4. The molecule has 6 rings (SSSR count). The number of piperazine rings is 1. The lowest BCUT2D eigenvalue weighted by Gasteiger charge is -2.28. The minimum atomic E-state index is -0.445. The fraction of sp³-hybridized carbons (Fsp3) is 0.333. The number of nitrogens with one attached hydrogen (secondary N) is 1. The van der Waals surface area contributed by atoms with E-state index in [1.807, 2.05) is 13.0 Å². The first-order valence-electron chi connectivity index (χ1n) is 11.0. The Balaban J connectivity index is 1.39. The van der Waals surface area contributed by atoms with Crippen LogP contribution in [0.15, 0.2) is 36.5 Å². The number of rotatable bonds is 4. The number of fused-ring (bicyclic) bond motifs is 3. The third kappa shape index (κ3) is 3.14. The van der Waals surface area contributed by atoms with Crippen LogP contribution in [0.3, 0.4) is 0 Å². The van der Waals surface area contributed by atoms with Crippen LogP contribution in [0.2, 0.25) is 0 Å². The smallest absolute Gasteiger partial charge is 0.260 e. The van der Waals surface area contributed by atoms with Crippen LogP contribution in [0.5, 0.6) is 5.75 Å². The van der Waals surface area contributed by atoms with Crippen molar-refractivity contribution in [3.63, 3.8) is 0 Å². The standard InChI is InChI=1S/C24H23FN6O2/c1-13-8-20(29-24(28-13)30-11-14-9-15(30)10-27-14)31-12-17-16(23(31)32)6-7-26-22(17)21-18(25)4-3-5-19(21)33-2/h3-8,14-15,27H,9-12H2,1-2H3/t14-,15-/m1/s1. The first-order valence-corrected chi connectivity index (χ1v) is 11.0. The number of carbonyl (C=O) groups excluding carboxylic acids is 1. The normalized spacial score (nSPS) is 21.1. The number of amides is 1. The van der Waals surface area contributed by atoms with E-state index in [-0.39, 0.29) is 18.0 Å². The molecule has 2 saturated heterocycles. The first kappa shape index (κ1) is 20.0. The largest absolute Gasteiger partial charge is 0.496 e. The van der Waals surface area contributed by atoms with Crippen LogP contribution in [-0.2, 0) is 6.54 Å². The second-order valence-corrected chi connectivity index (χ2v) is 8.71. The van der Waals surface area contributed by atoms with E-state index < -0.39 is 5.82 Å². The molecule has 33 heavy (non-hydrogen) atoms. The molecule has 8 nitrogen and oxygen atoms in total. The van der Waals surface area contributed by atoms with Gasteiger partial charge >= 0.3 is 0 Å². The van der Waals surface area contributed by atoms with Crippen LogP contribution in [0.1, 0.15) is 28.0 Å². The molecule has 3 aliphatic heterocycles. The van der Waals surface area contributed by atoms with Crippen LogP contribution in [0, 0.1) is 12.7 Å². The van der Waals surface area contributed by atoms with E-state index in [1.165, 1.54) is 19.4 Å². The van der Waals surface area contributed by atoms with Gasteiger partial charge in [0.05, 0.1) is 24.9 Å². The van der Waals surface area contributed by atoms with E-state index in [9.17, 15) is 9.18 Å². The van der Waals surface area contributed by atoms with Crippen LogP contribution in [-0.4, -0.2) is 53.1 Å². The van der Waals surface area contributed by atoms with E-state index in [0.29, 0.717) is 46.4 Å². The van der Waals surface area contributed by atoms with Crippen molar-refractivity contribution in [3.8, 4) is 17.0 Å². The number of methoxy groups -OCH3 is 1. The van der Waals surface area contributed by atoms with Gasteiger partial charge in [-0.1, -0.05) is 6.07 Å². The number of anilines is 2. The van der Waals surface area contributed by atoms with Gasteiger partial charge in [0.1, 0.15) is 17.4 Å². The highest BCUT2D eigenvalue weighted by atomic mass is 19.1. The molecule has 2 aromatic heterocycles. The first-order chi connectivity index (χ1) is 16.0. The Morgan fingerprint density at radius 1 is 1.24 bits per heavy atom. The quantitative estimate of drug-likeness (QED) is 0.660. The lowest BCUT2D eigenvalue weighted by Crippen LogP contribution is -2.44. The highest BCUT2D eigenvalue weighted by Crippen LogP contribution is 2.39. The van der Waals surface area contributed by atoms with Crippen LogP contribution in [0.25, 0.3) is 11.3 Å². The van der Waals surface area contributed by atoms with Crippen molar-refractivity contribution in [3.05, 3.63) is 59.2 Å². The molecule has 0 spiro atoms. The summed E-state index contributed by atoms with van der Waals surface area (Å²) < 4.78 is 20.2. The molecular weight excluding hydrogens is 423 g/mol. The second kappa shape index (κ2) is 7.48. The molecule has 0 unspecified atom stereocenters. The van der Waals surface area contributed by atoms with Gasteiger partial charge < -0.3 is 15.0 Å². The van der Waals surface area contributed by atoms with Crippen molar-refractivity contribution in [2.45, 2.75) is 32.0 Å². The van der Waals surface area contributed by atoms with Crippen molar-refractivity contribution >= 4 is 17.7 Å². The Morgan fingerprint density at radius 3 is 2.88 bits per heavy atom. The molecule has 0 saturated carbocycles. The highest BCUT2D eigenvalue weighted by Gasteiger charge is 2.40. The average molecular weight is 446 g/mol. The van der Waals surface area contributed by atoms with Gasteiger partial charge in [-0.15, -0.1) is 0 Å². The topological polar surface area (TPSA) is 83.5 Å². The Kier molecular flexibility index (Phi) is 4.55. The fourth-order valence-electron chi connectivity index (χ4n) is 5.14. The predicted molar refractivity (Wildman–Crippen MR) is 121 cm³/mol. The summed E-state index contributed by atoms with van der Waals surface area (Å²) in [6.45, 7) is 3.94. The average Bonchev–Trinajstić information content (AvgIpc) is 3.53. The van der Waals surface area contributed by atoms with Gasteiger partial charge in [-0.3, -0.25) is 14.7 Å². The number of aromatic nitrogens is 3. The van der Waals surface area contributed by atoms with Gasteiger partial charge in [-0.2, -0.15) is 4.98 Å². The lowest BCUT2D eigenvalue weighted by atomic mass is 10.0. The molecule has 1 N–H and O–H groups in total. The summed E-state index contributed by atoms with van der Waals surface area (Å²) in [5, 5.41) is 3.49. The molecule has 2 bridgehead atoms. The summed E-state index contributed by atoms with van der Waals surface area (Å²) in [7, 11) is 1.49. The SMILES string of the molecule is COc1cccc(F)c1-c1nccc2c1CN(c1cc(C)nc(N3C[C@H]4C[C@@H]3CN4)n1)C2=O. The number of hydrogen-bond acceptors (Lipinski definition) is 7. The number of nitrogens with zero attached hydrogens (tertiary/aromatic N) is 5. The molecule has 9 heteroatoms. The van der Waals surface area contributed by atoms with Gasteiger partial charge in [0.25, 0.3) is 5.91 Å². The minimum Gasteiger partial charge on any atom is -0.496 e. The third-order valence-corrected chi connectivity index (χ3v) is 6.70. The molecule has 5 heterocycles. The molecule has 1 aromatic carbocycles. The zero-order valence-corrected chi connectivity index (χ0v) is 18.4. The Hall–Kier alpha value is -3.59. The van der Waals surface area contributed by atoms with Crippen LogP contribution in [0.4, 0.5) is 16.2 Å². The number of hydrogen-bond donors (Lipinski definition) is 1. The van der Waals surface area contributed by atoms with Crippen molar-refractivity contribution in [2.24, 2.45) is 0 Å².